The van der Waals surface area contributed by atoms with Crippen LogP contribution in [0.4, 0.5) is 0 Å². The van der Waals surface area contributed by atoms with E-state index in [0.29, 0.717) is 0 Å². The molecule has 0 N–H and O–H groups in total. The average Bonchev–Trinajstić information content (AvgIpc) is 3.34. The summed E-state index contributed by atoms with van der Waals surface area (Å²) in [5.41, 5.74) is 11.1. The smallest absolute Gasteiger partial charge is 0.00418 e. The molecular formula is C32H36Cl2SiZr-2. The summed E-state index contributed by atoms with van der Waals surface area (Å²) >= 11 is 1.51. The van der Waals surface area contributed by atoms with Crippen LogP contribution in [-0.4, -0.2) is 11.3 Å². The third-order valence-corrected chi connectivity index (χ3v) is 9.01. The summed E-state index contributed by atoms with van der Waals surface area (Å²) < 4.78 is 1.46. The van der Waals surface area contributed by atoms with Crippen molar-refractivity contribution in [2.24, 2.45) is 0 Å². The van der Waals surface area contributed by atoms with E-state index in [-0.39, 0.29) is 24.8 Å². The monoisotopic (exact) mass is 608 g/mol. The van der Waals surface area contributed by atoms with Crippen LogP contribution in [0.2, 0.25) is 19.6 Å². The summed E-state index contributed by atoms with van der Waals surface area (Å²) in [5.74, 6) is 0. The summed E-state index contributed by atoms with van der Waals surface area (Å²) in [6.07, 6.45) is 1.05. The number of rotatable bonds is 2. The molecule has 0 aromatic heterocycles. The predicted molar refractivity (Wildman–Crippen MR) is 149 cm³/mol. The molecule has 0 saturated carbocycles. The third kappa shape index (κ3) is 8.84. The van der Waals surface area contributed by atoms with Crippen molar-refractivity contribution in [3.63, 3.8) is 0 Å². The van der Waals surface area contributed by atoms with E-state index < -0.39 is 8.07 Å². The molecule has 0 nitrogen and oxygen atoms in total. The zero-order chi connectivity index (χ0) is 24.9. The minimum Gasteiger partial charge on any atom is -1.00 e. The Balaban J connectivity index is 0.000000266. The zero-order valence-electron chi connectivity index (χ0n) is 22.5. The molecule has 0 bridgehead atoms. The minimum absolute atomic E-state index is 0. The van der Waals surface area contributed by atoms with Gasteiger partial charge in [0.15, 0.2) is 0 Å². The second-order valence-electron chi connectivity index (χ2n) is 10.3. The van der Waals surface area contributed by atoms with Crippen molar-refractivity contribution in [2.75, 3.05) is 0 Å². The topological polar surface area (TPSA) is 0 Å². The SMILES string of the molecule is C[C](=[Zr+2])c1ccc(C)cc1.Cc1cc([Si](C)(C)C)c(C)[cH-]1.[Cl-].[Cl-].[c-]1cccc2c1Cc1ccccc1-2. The van der Waals surface area contributed by atoms with Crippen LogP contribution in [0, 0.1) is 26.8 Å². The van der Waals surface area contributed by atoms with Crippen LogP contribution in [0.15, 0.2) is 78.9 Å². The van der Waals surface area contributed by atoms with Gasteiger partial charge in [-0.1, -0.05) is 68.9 Å². The van der Waals surface area contributed by atoms with E-state index in [0.717, 1.165) is 6.42 Å². The van der Waals surface area contributed by atoms with Crippen LogP contribution in [0.3, 0.4) is 0 Å². The first-order valence-electron chi connectivity index (χ1n) is 12.0. The Labute approximate surface area is 247 Å². The van der Waals surface area contributed by atoms with Gasteiger partial charge >= 0.3 is 76.7 Å². The fourth-order valence-corrected chi connectivity index (χ4v) is 6.74. The number of hydrogen-bond donors (Lipinski definition) is 0. The van der Waals surface area contributed by atoms with E-state index in [9.17, 15) is 0 Å². The normalized spacial score (nSPS) is 10.8. The minimum atomic E-state index is -1.06. The number of fused-ring (bicyclic) bond motifs is 3. The van der Waals surface area contributed by atoms with Crippen molar-refractivity contribution in [1.29, 1.82) is 0 Å². The molecule has 0 fully saturated rings. The number of aryl methyl sites for hydroxylation is 3. The summed E-state index contributed by atoms with van der Waals surface area (Å²) in [6, 6.07) is 31.4. The fourth-order valence-electron chi connectivity index (χ4n) is 4.41. The molecule has 5 rings (SSSR count). The van der Waals surface area contributed by atoms with Crippen molar-refractivity contribution < 1.29 is 49.0 Å². The second-order valence-corrected chi connectivity index (χ2v) is 17.1. The van der Waals surface area contributed by atoms with Gasteiger partial charge < -0.3 is 24.8 Å². The quantitative estimate of drug-likeness (QED) is 0.211. The number of benzene rings is 3. The first-order chi connectivity index (χ1) is 16.1. The van der Waals surface area contributed by atoms with Crippen molar-refractivity contribution in [3.8, 4) is 11.1 Å². The molecule has 0 amide bonds. The number of hydrogen-bond acceptors (Lipinski definition) is 0. The molecule has 1 aliphatic carbocycles. The summed E-state index contributed by atoms with van der Waals surface area (Å²) in [4.78, 5) is 0. The average molecular weight is 611 g/mol. The number of halogens is 2. The van der Waals surface area contributed by atoms with E-state index in [2.05, 4.69) is 126 Å². The Morgan fingerprint density at radius 3 is 2.00 bits per heavy atom. The summed E-state index contributed by atoms with van der Waals surface area (Å²) in [6.45, 7) is 15.9. The molecule has 0 unspecified atom stereocenters. The Morgan fingerprint density at radius 1 is 0.861 bits per heavy atom. The predicted octanol–water partition coefficient (Wildman–Crippen LogP) is 1.72. The maximum Gasteiger partial charge on any atom is 0.00418 e. The van der Waals surface area contributed by atoms with Gasteiger partial charge in [-0.05, 0) is 6.42 Å². The summed E-state index contributed by atoms with van der Waals surface area (Å²) in [5, 5.41) is 1.62. The molecule has 0 radical (unpaired) electrons. The van der Waals surface area contributed by atoms with Crippen LogP contribution in [0.1, 0.15) is 40.3 Å². The fraction of sp³-hybridized carbons (Fsp3) is 0.250. The van der Waals surface area contributed by atoms with E-state index in [4.69, 9.17) is 0 Å². The summed E-state index contributed by atoms with van der Waals surface area (Å²) in [7, 11) is -1.06. The van der Waals surface area contributed by atoms with Gasteiger partial charge in [-0.3, -0.25) is 0 Å². The molecule has 0 spiro atoms. The van der Waals surface area contributed by atoms with E-state index in [1.807, 2.05) is 6.07 Å². The molecule has 188 valence electrons. The Hall–Kier alpha value is -1.44. The van der Waals surface area contributed by atoms with Crippen LogP contribution in [0.5, 0.6) is 0 Å². The Kier molecular flexibility index (Phi) is 13.1. The van der Waals surface area contributed by atoms with Gasteiger partial charge in [0.2, 0.25) is 0 Å². The molecular weight excluding hydrogens is 575 g/mol. The Morgan fingerprint density at radius 2 is 1.47 bits per heavy atom. The molecule has 4 heteroatoms. The van der Waals surface area contributed by atoms with Gasteiger partial charge in [0, 0.05) is 8.07 Å². The van der Waals surface area contributed by atoms with Crippen LogP contribution < -0.4 is 30.0 Å². The first kappa shape index (κ1) is 32.6. The van der Waals surface area contributed by atoms with E-state index in [1.54, 1.807) is 5.19 Å². The van der Waals surface area contributed by atoms with E-state index in [1.165, 1.54) is 71.9 Å². The molecule has 36 heavy (non-hydrogen) atoms. The Bertz CT molecular complexity index is 1220. The van der Waals surface area contributed by atoms with E-state index >= 15 is 0 Å². The van der Waals surface area contributed by atoms with Gasteiger partial charge in [-0.25, -0.2) is 6.07 Å². The molecule has 0 heterocycles. The van der Waals surface area contributed by atoms with Crippen molar-refractivity contribution in [3.05, 3.63) is 118 Å². The molecule has 4 aromatic rings. The van der Waals surface area contributed by atoms with Gasteiger partial charge in [-0.2, -0.15) is 52.2 Å². The van der Waals surface area contributed by atoms with Gasteiger partial charge in [0.05, 0.1) is 0 Å². The van der Waals surface area contributed by atoms with Crippen LogP contribution in [0.25, 0.3) is 11.1 Å². The largest absolute Gasteiger partial charge is 1.00 e. The second kappa shape index (κ2) is 14.5. The maximum atomic E-state index is 3.30. The van der Waals surface area contributed by atoms with Gasteiger partial charge in [0.1, 0.15) is 0 Å². The van der Waals surface area contributed by atoms with Gasteiger partial charge in [-0.15, -0.1) is 5.56 Å². The zero-order valence-corrected chi connectivity index (χ0v) is 27.4. The van der Waals surface area contributed by atoms with Crippen molar-refractivity contribution >= 4 is 16.5 Å². The molecule has 4 aromatic carbocycles. The van der Waals surface area contributed by atoms with Crippen LogP contribution in [-0.2, 0) is 30.7 Å². The molecule has 1 aliphatic rings. The third-order valence-electron chi connectivity index (χ3n) is 6.15. The standard InChI is InChI=1S/C13H9.C10H17Si.C9H10.2ClH.Zr/c1-3-7-12-10(5-1)9-11-6-2-4-8-13(11)12;1-8-6-9(2)10(7-8)11(3,4)5;1-3-9-6-4-8(2)5-7-9;;;/h1-5,7-8H,9H2;6-7H,1-5H3;4-7H,1-2H3;2*1H;/q2*-1;;;;+2/p-2. The molecule has 0 saturated heterocycles. The maximum absolute atomic E-state index is 3.30. The van der Waals surface area contributed by atoms with Crippen LogP contribution >= 0.6 is 0 Å². The molecule has 0 aliphatic heterocycles. The first-order valence-corrected chi connectivity index (χ1v) is 16.7. The van der Waals surface area contributed by atoms with Crippen molar-refractivity contribution in [1.82, 2.24) is 0 Å². The van der Waals surface area contributed by atoms with Gasteiger partial charge in [0.25, 0.3) is 0 Å². The van der Waals surface area contributed by atoms with Crippen molar-refractivity contribution in [2.45, 2.75) is 53.8 Å². The molecule has 0 atom stereocenters.